The van der Waals surface area contributed by atoms with Crippen LogP contribution < -0.4 is 5.32 Å². The van der Waals surface area contributed by atoms with E-state index in [2.05, 4.69) is 19.2 Å². The van der Waals surface area contributed by atoms with Crippen molar-refractivity contribution in [1.82, 2.24) is 5.32 Å². The van der Waals surface area contributed by atoms with Gasteiger partial charge in [-0.25, -0.2) is 0 Å². The summed E-state index contributed by atoms with van der Waals surface area (Å²) >= 11 is 5.80. The van der Waals surface area contributed by atoms with Gasteiger partial charge in [0.2, 0.25) is 0 Å². The molecular weight excluding hydrogens is 186 g/mol. The molecule has 0 spiro atoms. The van der Waals surface area contributed by atoms with Crippen molar-refractivity contribution in [3.8, 4) is 0 Å². The Bertz CT molecular complexity index is 117. The summed E-state index contributed by atoms with van der Waals surface area (Å²) in [7, 11) is 1.74. The lowest BCUT2D eigenvalue weighted by atomic mass is 9.96. The maximum Gasteiger partial charge on any atom is 0.0462 e. The van der Waals surface area contributed by atoms with Crippen LogP contribution in [-0.2, 0) is 4.74 Å². The fraction of sp³-hybridized carbons (Fsp3) is 1.00. The zero-order valence-electron chi connectivity index (χ0n) is 9.03. The van der Waals surface area contributed by atoms with Crippen molar-refractivity contribution in [1.29, 1.82) is 0 Å². The van der Waals surface area contributed by atoms with Crippen LogP contribution >= 0.6 is 11.6 Å². The van der Waals surface area contributed by atoms with E-state index in [0.29, 0.717) is 5.88 Å². The molecule has 0 bridgehead atoms. The first-order valence-corrected chi connectivity index (χ1v) is 5.41. The minimum atomic E-state index is 0.211. The highest BCUT2D eigenvalue weighted by Gasteiger charge is 2.14. The monoisotopic (exact) mass is 207 g/mol. The van der Waals surface area contributed by atoms with E-state index in [1.54, 1.807) is 7.11 Å². The number of hydrogen-bond donors (Lipinski definition) is 1. The van der Waals surface area contributed by atoms with Crippen molar-refractivity contribution in [2.75, 3.05) is 32.7 Å². The highest BCUT2D eigenvalue weighted by Crippen LogP contribution is 2.14. The average molecular weight is 208 g/mol. The van der Waals surface area contributed by atoms with E-state index >= 15 is 0 Å². The number of methoxy groups -OCH3 is 1. The predicted molar refractivity (Wildman–Crippen MR) is 58.5 cm³/mol. The Labute approximate surface area is 87.0 Å². The predicted octanol–water partition coefficient (Wildman–Crippen LogP) is 2.27. The van der Waals surface area contributed by atoms with Crippen molar-refractivity contribution in [2.24, 2.45) is 5.41 Å². The van der Waals surface area contributed by atoms with Gasteiger partial charge < -0.3 is 10.1 Å². The minimum absolute atomic E-state index is 0.211. The van der Waals surface area contributed by atoms with Gasteiger partial charge in [0.1, 0.15) is 0 Å². The normalized spacial score (nSPS) is 12.0. The molecule has 0 aliphatic rings. The number of alkyl halides is 1. The molecule has 0 aromatic rings. The van der Waals surface area contributed by atoms with E-state index in [4.69, 9.17) is 16.3 Å². The van der Waals surface area contributed by atoms with Gasteiger partial charge in [-0.2, -0.15) is 0 Å². The molecule has 0 fully saturated rings. The summed E-state index contributed by atoms with van der Waals surface area (Å²) in [4.78, 5) is 0. The molecular formula is C10H22ClNO. The molecule has 0 saturated heterocycles. The lowest BCUT2D eigenvalue weighted by Gasteiger charge is -2.21. The summed E-state index contributed by atoms with van der Waals surface area (Å²) < 4.78 is 4.96. The van der Waals surface area contributed by atoms with Crippen molar-refractivity contribution in [2.45, 2.75) is 26.7 Å². The second-order valence-corrected chi connectivity index (χ2v) is 4.44. The molecule has 13 heavy (non-hydrogen) atoms. The highest BCUT2D eigenvalue weighted by atomic mass is 35.5. The van der Waals surface area contributed by atoms with Crippen LogP contribution in [0, 0.1) is 5.41 Å². The van der Waals surface area contributed by atoms with Gasteiger partial charge in [-0.15, -0.1) is 11.6 Å². The molecule has 0 aliphatic heterocycles. The maximum atomic E-state index is 5.80. The first kappa shape index (κ1) is 13.2. The quantitative estimate of drug-likeness (QED) is 0.487. The van der Waals surface area contributed by atoms with E-state index < -0.39 is 0 Å². The van der Waals surface area contributed by atoms with E-state index in [9.17, 15) is 0 Å². The summed E-state index contributed by atoms with van der Waals surface area (Å²) in [6.07, 6.45) is 2.30. The Balaban J connectivity index is 3.16. The molecule has 1 N–H and O–H groups in total. The summed E-state index contributed by atoms with van der Waals surface area (Å²) in [6.45, 7) is 7.25. The Hall–Kier alpha value is 0.210. The van der Waals surface area contributed by atoms with Crippen molar-refractivity contribution >= 4 is 11.6 Å². The van der Waals surface area contributed by atoms with Crippen LogP contribution in [0.5, 0.6) is 0 Å². The molecule has 0 aliphatic carbocycles. The highest BCUT2D eigenvalue weighted by molar-refractivity contribution is 6.18. The van der Waals surface area contributed by atoms with Crippen LogP contribution in [0.2, 0.25) is 0 Å². The number of hydrogen-bond acceptors (Lipinski definition) is 2. The number of halogens is 1. The van der Waals surface area contributed by atoms with Crippen molar-refractivity contribution < 1.29 is 4.74 Å². The Morgan fingerprint density at radius 2 is 2.00 bits per heavy atom. The first-order valence-electron chi connectivity index (χ1n) is 4.88. The molecule has 0 atom stereocenters. The molecule has 80 valence electrons. The Morgan fingerprint density at radius 1 is 1.31 bits per heavy atom. The maximum absolute atomic E-state index is 5.80. The number of unbranched alkanes of at least 4 members (excludes halogenated alkanes) is 1. The van der Waals surface area contributed by atoms with Crippen LogP contribution in [0.15, 0.2) is 0 Å². The summed E-state index contributed by atoms with van der Waals surface area (Å²) in [5.41, 5.74) is 0.211. The van der Waals surface area contributed by atoms with Gasteiger partial charge in [-0.1, -0.05) is 13.8 Å². The zero-order valence-corrected chi connectivity index (χ0v) is 9.78. The third-order valence-electron chi connectivity index (χ3n) is 1.92. The summed E-state index contributed by atoms with van der Waals surface area (Å²) in [5, 5.41) is 3.40. The fourth-order valence-electron chi connectivity index (χ4n) is 0.970. The van der Waals surface area contributed by atoms with Crippen LogP contribution in [-0.4, -0.2) is 32.7 Å². The van der Waals surface area contributed by atoms with Gasteiger partial charge in [0.15, 0.2) is 0 Å². The third-order valence-corrected chi connectivity index (χ3v) is 2.64. The van der Waals surface area contributed by atoms with Crippen molar-refractivity contribution in [3.63, 3.8) is 0 Å². The van der Waals surface area contributed by atoms with E-state index in [-0.39, 0.29) is 5.41 Å². The summed E-state index contributed by atoms with van der Waals surface area (Å²) in [5.74, 6) is 0.706. The third kappa shape index (κ3) is 8.54. The summed E-state index contributed by atoms with van der Waals surface area (Å²) in [6, 6.07) is 0. The van der Waals surface area contributed by atoms with Gasteiger partial charge in [0.05, 0.1) is 0 Å². The molecule has 0 amide bonds. The lowest BCUT2D eigenvalue weighted by molar-refractivity contribution is 0.192. The van der Waals surface area contributed by atoms with Gasteiger partial charge in [0.25, 0.3) is 0 Å². The van der Waals surface area contributed by atoms with E-state index in [1.165, 1.54) is 6.42 Å². The molecule has 0 aromatic carbocycles. The Morgan fingerprint density at radius 3 is 2.54 bits per heavy atom. The molecule has 2 nitrogen and oxygen atoms in total. The fourth-order valence-corrected chi connectivity index (χ4v) is 1.06. The molecule has 0 radical (unpaired) electrons. The molecule has 0 aromatic heterocycles. The second-order valence-electron chi connectivity index (χ2n) is 4.17. The van der Waals surface area contributed by atoms with E-state index in [1.807, 2.05) is 0 Å². The number of nitrogens with one attached hydrogen (secondary N) is 1. The lowest BCUT2D eigenvalue weighted by Crippen LogP contribution is -2.31. The number of ether oxygens (including phenoxy) is 1. The second kappa shape index (κ2) is 7.60. The standard InChI is InChI=1S/C10H22ClNO/c1-10(2,8-11)9-12-6-4-5-7-13-3/h12H,4-9H2,1-3H3. The van der Waals surface area contributed by atoms with Crippen LogP contribution in [0.1, 0.15) is 26.7 Å². The zero-order chi connectivity index (χ0) is 10.2. The SMILES string of the molecule is COCCCCNCC(C)(C)CCl. The van der Waals surface area contributed by atoms with Crippen molar-refractivity contribution in [3.05, 3.63) is 0 Å². The van der Waals surface area contributed by atoms with Crippen LogP contribution in [0.4, 0.5) is 0 Å². The minimum Gasteiger partial charge on any atom is -0.385 e. The Kier molecular flexibility index (Phi) is 7.72. The molecule has 0 unspecified atom stereocenters. The van der Waals surface area contributed by atoms with Gasteiger partial charge in [0, 0.05) is 26.1 Å². The average Bonchev–Trinajstić information content (AvgIpc) is 2.11. The van der Waals surface area contributed by atoms with Gasteiger partial charge in [-0.3, -0.25) is 0 Å². The smallest absolute Gasteiger partial charge is 0.0462 e. The molecule has 0 rings (SSSR count). The molecule has 0 heterocycles. The molecule has 3 heteroatoms. The van der Waals surface area contributed by atoms with Crippen LogP contribution in [0.3, 0.4) is 0 Å². The van der Waals surface area contributed by atoms with E-state index in [0.717, 1.165) is 26.1 Å². The largest absolute Gasteiger partial charge is 0.385 e. The molecule has 0 saturated carbocycles. The number of rotatable bonds is 8. The topological polar surface area (TPSA) is 21.3 Å². The first-order chi connectivity index (χ1) is 6.12. The van der Waals surface area contributed by atoms with Gasteiger partial charge in [-0.05, 0) is 24.8 Å². The van der Waals surface area contributed by atoms with Gasteiger partial charge >= 0.3 is 0 Å². The van der Waals surface area contributed by atoms with Crippen LogP contribution in [0.25, 0.3) is 0 Å².